The summed E-state index contributed by atoms with van der Waals surface area (Å²) in [6.45, 7) is 1.88. The molecule has 0 aliphatic heterocycles. The number of hydrazone groups is 1. The molecule has 3 aromatic carbocycles. The predicted octanol–water partition coefficient (Wildman–Crippen LogP) is 4.58. The van der Waals surface area contributed by atoms with Gasteiger partial charge in [-0.05, 0) is 78.3 Å². The Morgan fingerprint density at radius 1 is 0.963 bits per heavy atom. The van der Waals surface area contributed by atoms with Crippen LogP contribution in [0.2, 0.25) is 0 Å². The first-order valence-electron chi connectivity index (χ1n) is 9.30. The van der Waals surface area contributed by atoms with E-state index >= 15 is 0 Å². The number of amides is 1. The van der Waals surface area contributed by atoms with E-state index in [1.165, 1.54) is 24.0 Å². The summed E-state index contributed by atoms with van der Waals surface area (Å²) in [6, 6.07) is 17.3. The van der Waals surface area contributed by atoms with Gasteiger partial charge in [0, 0.05) is 0 Å². The SMILES string of the molecule is CC(=NNC(=O)c1cc2ccccc2cc1O)c1ccc2c(c1)CCCC2. The maximum Gasteiger partial charge on any atom is 0.275 e. The van der Waals surface area contributed by atoms with Crippen molar-refractivity contribution in [3.05, 3.63) is 76.9 Å². The van der Waals surface area contributed by atoms with Crippen LogP contribution in [0.25, 0.3) is 10.8 Å². The number of rotatable bonds is 3. The smallest absolute Gasteiger partial charge is 0.275 e. The van der Waals surface area contributed by atoms with Gasteiger partial charge in [0.1, 0.15) is 5.75 Å². The largest absolute Gasteiger partial charge is 0.507 e. The monoisotopic (exact) mass is 358 g/mol. The molecule has 0 spiro atoms. The fourth-order valence-electron chi connectivity index (χ4n) is 3.63. The van der Waals surface area contributed by atoms with Crippen molar-refractivity contribution < 1.29 is 9.90 Å². The Hall–Kier alpha value is -3.14. The Kier molecular flexibility index (Phi) is 4.63. The molecule has 0 fully saturated rings. The molecule has 3 aromatic rings. The van der Waals surface area contributed by atoms with Crippen LogP contribution in [-0.4, -0.2) is 16.7 Å². The molecule has 1 amide bonds. The van der Waals surface area contributed by atoms with Crippen molar-refractivity contribution in [1.82, 2.24) is 5.43 Å². The lowest BCUT2D eigenvalue weighted by atomic mass is 9.90. The van der Waals surface area contributed by atoms with Crippen molar-refractivity contribution in [2.24, 2.45) is 5.10 Å². The molecule has 2 N–H and O–H groups in total. The van der Waals surface area contributed by atoms with E-state index in [4.69, 9.17) is 0 Å². The Balaban J connectivity index is 1.55. The van der Waals surface area contributed by atoms with Crippen LogP contribution < -0.4 is 5.43 Å². The fourth-order valence-corrected chi connectivity index (χ4v) is 3.63. The molecule has 1 aliphatic carbocycles. The van der Waals surface area contributed by atoms with E-state index in [1.807, 2.05) is 31.2 Å². The summed E-state index contributed by atoms with van der Waals surface area (Å²) in [4.78, 5) is 12.5. The van der Waals surface area contributed by atoms with Crippen LogP contribution in [0.1, 0.15) is 46.8 Å². The summed E-state index contributed by atoms with van der Waals surface area (Å²) >= 11 is 0. The lowest BCUT2D eigenvalue weighted by molar-refractivity contribution is 0.0952. The molecule has 136 valence electrons. The highest BCUT2D eigenvalue weighted by molar-refractivity contribution is 6.03. The first-order valence-corrected chi connectivity index (χ1v) is 9.30. The number of carbonyl (C=O) groups excluding carboxylic acids is 1. The van der Waals surface area contributed by atoms with E-state index in [-0.39, 0.29) is 11.3 Å². The first kappa shape index (κ1) is 17.3. The lowest BCUT2D eigenvalue weighted by Gasteiger charge is -2.16. The lowest BCUT2D eigenvalue weighted by Crippen LogP contribution is -2.19. The van der Waals surface area contributed by atoms with Crippen LogP contribution in [0.5, 0.6) is 5.75 Å². The van der Waals surface area contributed by atoms with E-state index < -0.39 is 5.91 Å². The van der Waals surface area contributed by atoms with Crippen molar-refractivity contribution >= 4 is 22.4 Å². The number of carbonyl (C=O) groups is 1. The molecule has 0 saturated carbocycles. The highest BCUT2D eigenvalue weighted by atomic mass is 16.3. The van der Waals surface area contributed by atoms with Gasteiger partial charge in [-0.25, -0.2) is 5.43 Å². The van der Waals surface area contributed by atoms with Crippen LogP contribution in [0.4, 0.5) is 0 Å². The van der Waals surface area contributed by atoms with Gasteiger partial charge in [0.15, 0.2) is 0 Å². The van der Waals surface area contributed by atoms with Gasteiger partial charge in [0.2, 0.25) is 0 Å². The number of phenolic OH excluding ortho intramolecular Hbond substituents is 1. The number of benzene rings is 3. The fraction of sp³-hybridized carbons (Fsp3) is 0.217. The second kappa shape index (κ2) is 7.23. The molecule has 4 rings (SSSR count). The van der Waals surface area contributed by atoms with Gasteiger partial charge in [-0.2, -0.15) is 5.10 Å². The van der Waals surface area contributed by atoms with Gasteiger partial charge in [-0.1, -0.05) is 36.4 Å². The van der Waals surface area contributed by atoms with Crippen LogP contribution in [-0.2, 0) is 12.8 Å². The molecule has 0 unspecified atom stereocenters. The third-order valence-corrected chi connectivity index (χ3v) is 5.20. The summed E-state index contributed by atoms with van der Waals surface area (Å²) in [5.41, 5.74) is 7.35. The van der Waals surface area contributed by atoms with Crippen LogP contribution >= 0.6 is 0 Å². The first-order chi connectivity index (χ1) is 13.1. The van der Waals surface area contributed by atoms with Crippen LogP contribution in [0.3, 0.4) is 0 Å². The molecule has 0 bridgehead atoms. The zero-order valence-electron chi connectivity index (χ0n) is 15.3. The maximum absolute atomic E-state index is 12.5. The summed E-state index contributed by atoms with van der Waals surface area (Å²) < 4.78 is 0. The molecule has 0 atom stereocenters. The molecule has 0 saturated heterocycles. The average Bonchev–Trinajstić information content (AvgIpc) is 2.70. The number of hydrogen-bond acceptors (Lipinski definition) is 3. The van der Waals surface area contributed by atoms with Crippen molar-refractivity contribution in [2.45, 2.75) is 32.6 Å². The number of nitrogens with zero attached hydrogens (tertiary/aromatic N) is 1. The molecule has 0 aromatic heterocycles. The summed E-state index contributed by atoms with van der Waals surface area (Å²) in [6.07, 6.45) is 4.73. The highest BCUT2D eigenvalue weighted by Crippen LogP contribution is 2.25. The highest BCUT2D eigenvalue weighted by Gasteiger charge is 2.13. The second-order valence-corrected chi connectivity index (χ2v) is 7.05. The van der Waals surface area contributed by atoms with Crippen LogP contribution in [0, 0.1) is 0 Å². The summed E-state index contributed by atoms with van der Waals surface area (Å²) in [7, 11) is 0. The second-order valence-electron chi connectivity index (χ2n) is 7.05. The van der Waals surface area contributed by atoms with E-state index in [9.17, 15) is 9.90 Å². The quantitative estimate of drug-likeness (QED) is 0.532. The van der Waals surface area contributed by atoms with Crippen molar-refractivity contribution in [3.63, 3.8) is 0 Å². The minimum absolute atomic E-state index is 0.0483. The summed E-state index contributed by atoms with van der Waals surface area (Å²) in [5.74, 6) is -0.469. The normalized spacial score (nSPS) is 14.0. The number of fused-ring (bicyclic) bond motifs is 2. The molecule has 4 nitrogen and oxygen atoms in total. The maximum atomic E-state index is 12.5. The van der Waals surface area contributed by atoms with E-state index in [1.54, 1.807) is 12.1 Å². The molecule has 1 aliphatic rings. The van der Waals surface area contributed by atoms with Gasteiger partial charge in [-0.3, -0.25) is 4.79 Å². The van der Waals surface area contributed by atoms with Crippen LogP contribution in [0.15, 0.2) is 59.7 Å². The minimum atomic E-state index is -0.421. The van der Waals surface area contributed by atoms with Gasteiger partial charge >= 0.3 is 0 Å². The molecule has 0 radical (unpaired) electrons. The Morgan fingerprint density at radius 3 is 2.44 bits per heavy atom. The van der Waals surface area contributed by atoms with E-state index in [0.29, 0.717) is 0 Å². The molecule has 27 heavy (non-hydrogen) atoms. The Labute approximate surface area is 158 Å². The number of nitrogens with one attached hydrogen (secondary N) is 1. The molecule has 4 heteroatoms. The standard InChI is InChI=1S/C23H22N2O2/c1-15(17-11-10-16-6-2-3-7-18(16)12-17)24-25-23(27)21-13-19-8-4-5-9-20(19)14-22(21)26/h4-5,8-14,26H,2-3,6-7H2,1H3,(H,25,27). The number of aryl methyl sites for hydroxylation is 2. The van der Waals surface area contributed by atoms with Crippen molar-refractivity contribution in [2.75, 3.05) is 0 Å². The number of phenols is 1. The van der Waals surface area contributed by atoms with Gasteiger partial charge in [0.05, 0.1) is 11.3 Å². The number of aromatic hydroxyl groups is 1. The summed E-state index contributed by atoms with van der Waals surface area (Å²) in [5, 5.41) is 16.2. The van der Waals surface area contributed by atoms with E-state index in [0.717, 1.165) is 34.9 Å². The zero-order valence-corrected chi connectivity index (χ0v) is 15.3. The topological polar surface area (TPSA) is 61.7 Å². The molecular formula is C23H22N2O2. The molecular weight excluding hydrogens is 336 g/mol. The van der Waals surface area contributed by atoms with Crippen molar-refractivity contribution in [1.29, 1.82) is 0 Å². The molecule has 0 heterocycles. The van der Waals surface area contributed by atoms with E-state index in [2.05, 4.69) is 28.7 Å². The zero-order chi connectivity index (χ0) is 18.8. The van der Waals surface area contributed by atoms with Gasteiger partial charge in [-0.15, -0.1) is 0 Å². The third kappa shape index (κ3) is 3.56. The Morgan fingerprint density at radius 2 is 1.67 bits per heavy atom. The van der Waals surface area contributed by atoms with Gasteiger partial charge < -0.3 is 5.11 Å². The third-order valence-electron chi connectivity index (χ3n) is 5.20. The van der Waals surface area contributed by atoms with Gasteiger partial charge in [0.25, 0.3) is 5.91 Å². The minimum Gasteiger partial charge on any atom is -0.507 e. The Bertz CT molecular complexity index is 1050. The predicted molar refractivity (Wildman–Crippen MR) is 108 cm³/mol. The average molecular weight is 358 g/mol. The van der Waals surface area contributed by atoms with Crippen molar-refractivity contribution in [3.8, 4) is 5.75 Å². The number of hydrogen-bond donors (Lipinski definition) is 2.